The Bertz CT molecular complexity index is 1490. The molecule has 226 valence electrons. The number of aliphatic carboxylic acids is 1. The third kappa shape index (κ3) is 8.64. The molecular weight excluding hydrogens is 538 g/mol. The van der Waals surface area contributed by atoms with Gasteiger partial charge < -0.3 is 20.6 Å². The van der Waals surface area contributed by atoms with Crippen LogP contribution in [0.4, 0.5) is 11.6 Å². The van der Waals surface area contributed by atoms with Crippen LogP contribution in [0.15, 0.2) is 66.9 Å². The fraction of sp³-hybridized carbons (Fsp3) is 0.412. The Hall–Kier alpha value is -4.24. The fourth-order valence-electron chi connectivity index (χ4n) is 5.69. The van der Waals surface area contributed by atoms with Crippen molar-refractivity contribution >= 4 is 17.6 Å². The van der Waals surface area contributed by atoms with Gasteiger partial charge >= 0.3 is 5.97 Å². The predicted molar refractivity (Wildman–Crippen MR) is 171 cm³/mol. The summed E-state index contributed by atoms with van der Waals surface area (Å²) in [7, 11) is 0. The van der Waals surface area contributed by atoms with E-state index >= 15 is 0 Å². The summed E-state index contributed by atoms with van der Waals surface area (Å²) >= 11 is 0. The highest BCUT2D eigenvalue weighted by Gasteiger charge is 2.20. The average Bonchev–Trinajstić information content (AvgIpc) is 3.35. The summed E-state index contributed by atoms with van der Waals surface area (Å²) in [4.78, 5) is 23.9. The van der Waals surface area contributed by atoms with Crippen LogP contribution in [0.1, 0.15) is 48.3 Å². The molecule has 1 aliphatic heterocycles. The molecule has 43 heavy (non-hydrogen) atoms. The Morgan fingerprint density at radius 3 is 2.70 bits per heavy atom. The molecule has 0 amide bonds. The number of hydrogen-bond acceptors (Lipinski definition) is 7. The molecule has 4 aromatic rings. The standard InChI is InChI=1S/C34H43N7O2/c1-25-23-26(2)41(39-25)22-21-40(19-7-6-12-30-14-13-28-11-8-17-36-33(28)37-30)20-16-31(34(42)43)38-32-24-29(15-18-35-32)27-9-4-3-5-10-27/h3-5,9-10,13-15,18,23-24,31H,6-8,11-12,16-17,19-22H2,1-2H3,(H,35,38)(H,36,37)(H,42,43)/t31-/m0/s1. The number of aromatic nitrogens is 4. The van der Waals surface area contributed by atoms with Crippen molar-refractivity contribution in [2.75, 3.05) is 36.8 Å². The van der Waals surface area contributed by atoms with E-state index in [1.54, 1.807) is 6.20 Å². The lowest BCUT2D eigenvalue weighted by atomic mass is 10.1. The van der Waals surface area contributed by atoms with E-state index in [-0.39, 0.29) is 0 Å². The van der Waals surface area contributed by atoms with Gasteiger partial charge in [-0.3, -0.25) is 4.68 Å². The zero-order valence-corrected chi connectivity index (χ0v) is 25.3. The molecule has 1 aliphatic rings. The zero-order chi connectivity index (χ0) is 30.0. The van der Waals surface area contributed by atoms with Crippen molar-refractivity contribution in [3.05, 3.63) is 89.5 Å². The van der Waals surface area contributed by atoms with Gasteiger partial charge in [-0.1, -0.05) is 36.4 Å². The van der Waals surface area contributed by atoms with E-state index in [1.165, 1.54) is 5.56 Å². The van der Waals surface area contributed by atoms with Crippen LogP contribution in [0.3, 0.4) is 0 Å². The van der Waals surface area contributed by atoms with Crippen molar-refractivity contribution in [1.29, 1.82) is 0 Å². The van der Waals surface area contributed by atoms with Crippen molar-refractivity contribution < 1.29 is 9.90 Å². The maximum absolute atomic E-state index is 12.3. The van der Waals surface area contributed by atoms with Gasteiger partial charge in [0.05, 0.1) is 12.2 Å². The average molecular weight is 582 g/mol. The molecule has 0 aliphatic carbocycles. The van der Waals surface area contributed by atoms with E-state index in [2.05, 4.69) is 50.7 Å². The molecule has 5 rings (SSSR count). The van der Waals surface area contributed by atoms with E-state index in [0.717, 1.165) is 92.3 Å². The highest BCUT2D eigenvalue weighted by molar-refractivity contribution is 5.77. The quantitative estimate of drug-likeness (QED) is 0.156. The Labute approximate surface area is 254 Å². The first kappa shape index (κ1) is 30.2. The van der Waals surface area contributed by atoms with Gasteiger partial charge in [0.25, 0.3) is 0 Å². The third-order valence-electron chi connectivity index (χ3n) is 8.06. The molecule has 0 radical (unpaired) electrons. The molecule has 0 spiro atoms. The van der Waals surface area contributed by atoms with Gasteiger partial charge in [0.2, 0.25) is 0 Å². The van der Waals surface area contributed by atoms with Crippen LogP contribution in [-0.4, -0.2) is 67.9 Å². The Morgan fingerprint density at radius 2 is 1.91 bits per heavy atom. The summed E-state index contributed by atoms with van der Waals surface area (Å²) < 4.78 is 2.04. The number of rotatable bonds is 15. The number of benzene rings is 1. The lowest BCUT2D eigenvalue weighted by Crippen LogP contribution is -2.37. The fourth-order valence-corrected chi connectivity index (χ4v) is 5.69. The molecule has 9 heteroatoms. The molecule has 0 saturated carbocycles. The van der Waals surface area contributed by atoms with Crippen molar-refractivity contribution in [3.63, 3.8) is 0 Å². The van der Waals surface area contributed by atoms with Crippen molar-refractivity contribution in [2.24, 2.45) is 0 Å². The number of carbonyl (C=O) groups is 1. The van der Waals surface area contributed by atoms with Crippen molar-refractivity contribution in [2.45, 2.75) is 65.0 Å². The van der Waals surface area contributed by atoms with Gasteiger partial charge in [-0.15, -0.1) is 0 Å². The minimum Gasteiger partial charge on any atom is -0.480 e. The first-order valence-corrected chi connectivity index (χ1v) is 15.4. The van der Waals surface area contributed by atoms with Crippen LogP contribution in [0, 0.1) is 13.8 Å². The highest BCUT2D eigenvalue weighted by atomic mass is 16.4. The number of anilines is 2. The summed E-state index contributed by atoms with van der Waals surface area (Å²) in [6.07, 6.45) is 7.41. The van der Waals surface area contributed by atoms with E-state index < -0.39 is 12.0 Å². The number of fused-ring (bicyclic) bond motifs is 1. The molecule has 3 aromatic heterocycles. The summed E-state index contributed by atoms with van der Waals surface area (Å²) in [6, 6.07) is 19.6. The van der Waals surface area contributed by atoms with Crippen LogP contribution in [0.5, 0.6) is 0 Å². The van der Waals surface area contributed by atoms with E-state index in [0.29, 0.717) is 18.8 Å². The topological polar surface area (TPSA) is 108 Å². The molecule has 0 bridgehead atoms. The second-order valence-electron chi connectivity index (χ2n) is 11.4. The molecular formula is C34H43N7O2. The number of nitrogens with zero attached hydrogens (tertiary/aromatic N) is 5. The molecule has 3 N–H and O–H groups in total. The van der Waals surface area contributed by atoms with Gasteiger partial charge in [-0.05, 0) is 99.9 Å². The first-order chi connectivity index (χ1) is 20.9. The second-order valence-corrected chi connectivity index (χ2v) is 11.4. The van der Waals surface area contributed by atoms with Gasteiger partial charge in [-0.25, -0.2) is 14.8 Å². The lowest BCUT2D eigenvalue weighted by Gasteiger charge is -2.25. The SMILES string of the molecule is Cc1cc(C)n(CCN(CCCCc2ccc3c(n2)NCCC3)CC[C@H](Nc2cc(-c3ccccc3)ccn2)C(=O)O)n1. The molecule has 4 heterocycles. The minimum atomic E-state index is -0.877. The Morgan fingerprint density at radius 1 is 1.05 bits per heavy atom. The summed E-state index contributed by atoms with van der Waals surface area (Å²) in [6.45, 7) is 8.19. The summed E-state index contributed by atoms with van der Waals surface area (Å²) in [5.74, 6) is 0.735. The minimum absolute atomic E-state index is 0.460. The van der Waals surface area contributed by atoms with Crippen molar-refractivity contribution in [3.8, 4) is 11.1 Å². The Kier molecular flexibility index (Phi) is 10.4. The number of nitrogens with one attached hydrogen (secondary N) is 2. The van der Waals surface area contributed by atoms with Gasteiger partial charge in [0.15, 0.2) is 0 Å². The van der Waals surface area contributed by atoms with Crippen LogP contribution < -0.4 is 10.6 Å². The first-order valence-electron chi connectivity index (χ1n) is 15.4. The van der Waals surface area contributed by atoms with Gasteiger partial charge in [0.1, 0.15) is 17.7 Å². The highest BCUT2D eigenvalue weighted by Crippen LogP contribution is 2.22. The van der Waals surface area contributed by atoms with Crippen LogP contribution in [0.2, 0.25) is 0 Å². The van der Waals surface area contributed by atoms with E-state index in [4.69, 9.17) is 4.98 Å². The number of unbranched alkanes of at least 4 members (excludes halogenated alkanes) is 1. The maximum Gasteiger partial charge on any atom is 0.326 e. The van der Waals surface area contributed by atoms with Gasteiger partial charge in [-0.2, -0.15) is 5.10 Å². The zero-order valence-electron chi connectivity index (χ0n) is 25.3. The van der Waals surface area contributed by atoms with E-state index in [1.807, 2.05) is 54.1 Å². The molecule has 0 fully saturated rings. The normalized spacial score (nSPS) is 13.4. The molecule has 1 atom stereocenters. The largest absolute Gasteiger partial charge is 0.480 e. The number of pyridine rings is 2. The molecule has 0 saturated heterocycles. The van der Waals surface area contributed by atoms with Gasteiger partial charge in [0, 0.05) is 37.2 Å². The summed E-state index contributed by atoms with van der Waals surface area (Å²) in [5.41, 5.74) is 6.65. The number of hydrogen-bond donors (Lipinski definition) is 3. The Balaban J connectivity index is 1.19. The molecule has 1 aromatic carbocycles. The number of carboxylic acids is 1. The van der Waals surface area contributed by atoms with Crippen molar-refractivity contribution in [1.82, 2.24) is 24.6 Å². The van der Waals surface area contributed by atoms with Crippen LogP contribution in [0.25, 0.3) is 11.1 Å². The van der Waals surface area contributed by atoms with Crippen LogP contribution in [-0.2, 0) is 24.2 Å². The number of carboxylic acid groups (broad SMARTS) is 1. The maximum atomic E-state index is 12.3. The summed E-state index contributed by atoms with van der Waals surface area (Å²) in [5, 5.41) is 21.3. The van der Waals surface area contributed by atoms with Crippen LogP contribution >= 0.6 is 0 Å². The van der Waals surface area contributed by atoms with E-state index in [9.17, 15) is 9.90 Å². The predicted octanol–water partition coefficient (Wildman–Crippen LogP) is 5.60. The monoisotopic (exact) mass is 581 g/mol. The second kappa shape index (κ2) is 14.8. The molecule has 9 nitrogen and oxygen atoms in total. The molecule has 0 unspecified atom stereocenters. The third-order valence-corrected chi connectivity index (χ3v) is 8.06. The number of aryl methyl sites for hydroxylation is 4. The smallest absolute Gasteiger partial charge is 0.326 e. The lowest BCUT2D eigenvalue weighted by molar-refractivity contribution is -0.138.